The molecule has 14 heavy (non-hydrogen) atoms. The number of rotatable bonds is 2. The van der Waals surface area contributed by atoms with Gasteiger partial charge in [0.05, 0.1) is 0 Å². The Morgan fingerprint density at radius 2 is 1.21 bits per heavy atom. The van der Waals surface area contributed by atoms with E-state index in [0.717, 1.165) is 0 Å². The minimum atomic E-state index is 0.500. The molecule has 0 saturated carbocycles. The predicted molar refractivity (Wildman–Crippen MR) is 50.4 cm³/mol. The zero-order chi connectivity index (χ0) is 12.2. The molecule has 0 atom stereocenters. The van der Waals surface area contributed by atoms with Gasteiger partial charge in [0.2, 0.25) is 0 Å². The summed E-state index contributed by atoms with van der Waals surface area (Å²) in [6, 6.07) is 0. The quantitative estimate of drug-likeness (QED) is 0.496. The van der Waals surface area contributed by atoms with Crippen molar-refractivity contribution in [3.8, 4) is 0 Å². The van der Waals surface area contributed by atoms with E-state index in [1.807, 2.05) is 0 Å². The molecule has 0 aromatic heterocycles. The minimum absolute atomic E-state index is 0.500. The van der Waals surface area contributed by atoms with Crippen molar-refractivity contribution < 1.29 is 29.7 Å². The Morgan fingerprint density at radius 3 is 1.21 bits per heavy atom. The van der Waals surface area contributed by atoms with Crippen molar-refractivity contribution in [2.24, 2.45) is 0 Å². The van der Waals surface area contributed by atoms with Crippen LogP contribution in [0.5, 0.6) is 0 Å². The maximum absolute atomic E-state index is 8.24. The minimum Gasteiger partial charge on any atom is -0.665 e. The van der Waals surface area contributed by atoms with Crippen LogP contribution in [0, 0.1) is 0 Å². The number of hydrogen-bond donors (Lipinski definition) is 3. The number of aliphatic hydroxyl groups excluding tert-OH is 3. The topological polar surface area (TPSA) is 112 Å². The van der Waals surface area contributed by atoms with Crippen molar-refractivity contribution in [1.29, 1.82) is 0 Å². The molecule has 0 bridgehead atoms. The monoisotopic (exact) mass is 312 g/mol. The Balaban J connectivity index is -0.0000000495. The maximum Gasteiger partial charge on any atom is -0.0744 e. The molecule has 3 N–H and O–H groups in total. The Hall–Kier alpha value is -0.791. The van der Waals surface area contributed by atoms with E-state index in [2.05, 4.69) is 6.92 Å². The first-order valence-corrected chi connectivity index (χ1v) is 5.36. The molecule has 7 heteroatoms. The first-order chi connectivity index (χ1) is 6.66. The summed E-state index contributed by atoms with van der Waals surface area (Å²) in [6.45, 7) is 3.73. The second-order valence-electron chi connectivity index (χ2n) is 1.38. The molecule has 0 radical (unpaired) electrons. The van der Waals surface area contributed by atoms with Gasteiger partial charge in [-0.1, -0.05) is 19.4 Å². The van der Waals surface area contributed by atoms with Crippen LogP contribution in [0.4, 0.5) is 0 Å². The summed E-state index contributed by atoms with van der Waals surface area (Å²) >= 11 is 1.68. The molecular weight excluding hydrogens is 299 g/mol. The van der Waals surface area contributed by atoms with Gasteiger partial charge in [0.1, 0.15) is 0 Å². The first-order valence-electron chi connectivity index (χ1n) is 3.34. The van der Waals surface area contributed by atoms with Crippen molar-refractivity contribution in [3.63, 3.8) is 0 Å². The molecule has 0 aliphatic carbocycles. The van der Waals surface area contributed by atoms with Crippen LogP contribution in [0.3, 0.4) is 0 Å². The van der Waals surface area contributed by atoms with Crippen LogP contribution in [0.2, 0.25) is 4.44 Å². The average Bonchev–Trinajstić information content (AvgIpc) is 2.09. The van der Waals surface area contributed by atoms with Crippen LogP contribution in [-0.4, -0.2) is 57.3 Å². The first kappa shape index (κ1) is 23.2. The van der Waals surface area contributed by atoms with Crippen LogP contribution in [0.1, 0.15) is 19.8 Å². The molecule has 6 nitrogen and oxygen atoms in total. The number of hydrogen-bond acceptors (Lipinski definition) is 3. The van der Waals surface area contributed by atoms with Crippen LogP contribution < -0.4 is 0 Å². The zero-order valence-electron chi connectivity index (χ0n) is 7.69. The normalized spacial score (nSPS) is 5.64. The smallest absolute Gasteiger partial charge is 0.0744 e. The van der Waals surface area contributed by atoms with Gasteiger partial charge in [-0.15, -0.1) is 0 Å². The second kappa shape index (κ2) is 56.5. The predicted octanol–water partition coefficient (Wildman–Crippen LogP) is 0.208. The van der Waals surface area contributed by atoms with Gasteiger partial charge in [0, 0.05) is 0 Å². The summed E-state index contributed by atoms with van der Waals surface area (Å²) in [5.74, 6) is 0. The Morgan fingerprint density at radius 1 is 1.00 bits per heavy atom. The van der Waals surface area contributed by atoms with E-state index in [1.54, 1.807) is 22.5 Å². The molecule has 0 heterocycles. The van der Waals surface area contributed by atoms with E-state index in [4.69, 9.17) is 29.7 Å². The molecular formula is C7H12O6Sn. The third-order valence-electron chi connectivity index (χ3n) is 0.530. The van der Waals surface area contributed by atoms with E-state index in [0.29, 0.717) is 19.4 Å². The molecule has 80 valence electrons. The average molecular weight is 311 g/mol. The summed E-state index contributed by atoms with van der Waals surface area (Å²) in [4.78, 5) is 24.7. The summed E-state index contributed by atoms with van der Waals surface area (Å²) in [5.41, 5.74) is 0. The maximum atomic E-state index is 8.24. The molecule has 0 aliphatic heterocycles. The summed E-state index contributed by atoms with van der Waals surface area (Å²) in [5, 5.41) is 20.3. The second-order valence-corrected chi connectivity index (χ2v) is 2.80. The van der Waals surface area contributed by atoms with Gasteiger partial charge in [-0.05, 0) is 0 Å². The molecule has 0 fully saturated rings. The van der Waals surface area contributed by atoms with Crippen molar-refractivity contribution in [1.82, 2.24) is 0 Å². The van der Waals surface area contributed by atoms with Crippen LogP contribution in [-0.2, 0) is 14.4 Å². The van der Waals surface area contributed by atoms with E-state index < -0.39 is 0 Å². The summed E-state index contributed by atoms with van der Waals surface area (Å²) < 4.78 is 1.43. The Labute approximate surface area is 96.0 Å². The SMILES string of the molecule is CCC[CH2][Sn+3].O=[C-]O.O=[C-]O.O=[C-]O. The van der Waals surface area contributed by atoms with E-state index in [-0.39, 0.29) is 0 Å². The van der Waals surface area contributed by atoms with Crippen LogP contribution in [0.25, 0.3) is 0 Å². The van der Waals surface area contributed by atoms with Crippen LogP contribution >= 0.6 is 0 Å². The molecule has 0 rings (SSSR count). The van der Waals surface area contributed by atoms with Gasteiger partial charge < -0.3 is 29.7 Å². The zero-order valence-corrected chi connectivity index (χ0v) is 10.5. The van der Waals surface area contributed by atoms with E-state index in [9.17, 15) is 0 Å². The third-order valence-corrected chi connectivity index (χ3v) is 1.54. The molecule has 0 aromatic carbocycles. The van der Waals surface area contributed by atoms with Gasteiger partial charge in [-0.2, -0.15) is 0 Å². The molecule has 0 amide bonds. The van der Waals surface area contributed by atoms with Gasteiger partial charge in [0.25, 0.3) is 0 Å². The molecule has 0 unspecified atom stereocenters. The molecule has 0 saturated heterocycles. The molecule has 0 spiro atoms. The fraction of sp³-hybridized carbons (Fsp3) is 0.571. The van der Waals surface area contributed by atoms with Gasteiger partial charge in [-0.25, -0.2) is 0 Å². The largest absolute Gasteiger partial charge is 0.665 e. The summed E-state index contributed by atoms with van der Waals surface area (Å²) in [7, 11) is 0. The summed E-state index contributed by atoms with van der Waals surface area (Å²) in [6.07, 6.45) is 2.80. The van der Waals surface area contributed by atoms with Crippen molar-refractivity contribution >= 4 is 41.9 Å². The Bertz CT molecular complexity index is 81.9. The van der Waals surface area contributed by atoms with Crippen molar-refractivity contribution in [2.75, 3.05) is 0 Å². The van der Waals surface area contributed by atoms with E-state index in [1.165, 1.54) is 17.3 Å². The third kappa shape index (κ3) is 800. The van der Waals surface area contributed by atoms with E-state index >= 15 is 0 Å². The standard InChI is InChI=1S/C4H9.3CHO2.Sn/c1-3-4-2;3*2-1-3;/h1,3-4H2,2H3;3*(H,2,3);/q;3*-1;+3. The van der Waals surface area contributed by atoms with Crippen molar-refractivity contribution in [2.45, 2.75) is 24.2 Å². The van der Waals surface area contributed by atoms with Crippen molar-refractivity contribution in [3.05, 3.63) is 0 Å². The fourth-order valence-electron chi connectivity index (χ4n) is 0.177. The van der Waals surface area contributed by atoms with Gasteiger partial charge in [-0.3, -0.25) is 0 Å². The van der Waals surface area contributed by atoms with Crippen LogP contribution in [0.15, 0.2) is 0 Å². The molecule has 0 aromatic rings. The van der Waals surface area contributed by atoms with Gasteiger partial charge >= 0.3 is 46.7 Å². The Kier molecular flexibility index (Phi) is 93.8. The fourth-order valence-corrected chi connectivity index (χ4v) is 1.19. The van der Waals surface area contributed by atoms with Gasteiger partial charge in [0.15, 0.2) is 0 Å². The molecule has 0 aliphatic rings. The number of unbranched alkanes of at least 4 members (excludes halogenated alkanes) is 1.